The van der Waals surface area contributed by atoms with Crippen molar-refractivity contribution in [1.29, 1.82) is 0 Å². The first kappa shape index (κ1) is 8.59. The van der Waals surface area contributed by atoms with Gasteiger partial charge in [-0.2, -0.15) is 0 Å². The van der Waals surface area contributed by atoms with Gasteiger partial charge < -0.3 is 10.2 Å². The third-order valence-corrected chi connectivity index (χ3v) is 1.51. The van der Waals surface area contributed by atoms with E-state index in [9.17, 15) is 4.79 Å². The summed E-state index contributed by atoms with van der Waals surface area (Å²) in [6.07, 6.45) is 0.326. The van der Waals surface area contributed by atoms with Gasteiger partial charge in [-0.3, -0.25) is 4.79 Å². The molecule has 0 amide bonds. The van der Waals surface area contributed by atoms with E-state index in [-0.39, 0.29) is 17.3 Å². The third kappa shape index (κ3) is 1.99. The van der Waals surface area contributed by atoms with Crippen LogP contribution in [-0.2, 0) is 11.2 Å². The lowest BCUT2D eigenvalue weighted by Crippen LogP contribution is -1.95. The molecule has 0 atom stereocenters. The normalized spacial score (nSPS) is 9.75. The Labute approximate surface area is 70.3 Å². The first-order valence-corrected chi connectivity index (χ1v) is 3.62. The second-order valence-electron chi connectivity index (χ2n) is 2.73. The SMILES string of the molecule is CC(=O)Cc1ccc(O)c([OH2+])c1. The maximum atomic E-state index is 10.7. The lowest BCUT2D eigenvalue weighted by Gasteiger charge is -1.97. The Kier molecular flexibility index (Phi) is 2.33. The number of hydrogen-bond donors (Lipinski definition) is 1. The van der Waals surface area contributed by atoms with Crippen LogP contribution in [0.3, 0.4) is 0 Å². The fraction of sp³-hybridized carbons (Fsp3) is 0.222. The molecule has 12 heavy (non-hydrogen) atoms. The van der Waals surface area contributed by atoms with Gasteiger partial charge in [0.05, 0.1) is 0 Å². The second-order valence-corrected chi connectivity index (χ2v) is 2.73. The van der Waals surface area contributed by atoms with Crippen molar-refractivity contribution >= 4 is 5.78 Å². The molecule has 0 saturated heterocycles. The highest BCUT2D eigenvalue weighted by Crippen LogP contribution is 2.24. The van der Waals surface area contributed by atoms with Gasteiger partial charge in [-0.1, -0.05) is 6.07 Å². The lowest BCUT2D eigenvalue weighted by molar-refractivity contribution is -0.116. The number of Topliss-reactive ketones (excluding diaryl/α,β-unsaturated/α-hetero) is 1. The molecular formula is C9H11O3+. The van der Waals surface area contributed by atoms with Crippen molar-refractivity contribution in [2.24, 2.45) is 0 Å². The molecule has 1 rings (SSSR count). The minimum absolute atomic E-state index is 0.0534. The molecule has 0 aliphatic rings. The van der Waals surface area contributed by atoms with Crippen LogP contribution in [0.4, 0.5) is 0 Å². The number of carbonyl (C=O) groups excluding carboxylic acids is 1. The highest BCUT2D eigenvalue weighted by Gasteiger charge is 2.05. The summed E-state index contributed by atoms with van der Waals surface area (Å²) in [5.41, 5.74) is 0.769. The van der Waals surface area contributed by atoms with Gasteiger partial charge >= 0.3 is 0 Å². The summed E-state index contributed by atoms with van der Waals surface area (Å²) >= 11 is 0. The average Bonchev–Trinajstić information content (AvgIpc) is 1.96. The molecule has 0 unspecified atom stereocenters. The monoisotopic (exact) mass is 167 g/mol. The maximum Gasteiger partial charge on any atom is 0.296 e. The van der Waals surface area contributed by atoms with Crippen LogP contribution < -0.4 is 0 Å². The van der Waals surface area contributed by atoms with Crippen LogP contribution in [0.25, 0.3) is 0 Å². The second kappa shape index (κ2) is 3.26. The van der Waals surface area contributed by atoms with Gasteiger partial charge in [-0.25, -0.2) is 0 Å². The summed E-state index contributed by atoms with van der Waals surface area (Å²) in [6, 6.07) is 4.58. The Morgan fingerprint density at radius 1 is 1.58 bits per heavy atom. The van der Waals surface area contributed by atoms with Gasteiger partial charge in [0.2, 0.25) is 5.75 Å². The number of phenols is 1. The topological polar surface area (TPSA) is 60.2 Å². The number of benzene rings is 1. The molecule has 3 heteroatoms. The van der Waals surface area contributed by atoms with E-state index in [1.54, 1.807) is 6.07 Å². The van der Waals surface area contributed by atoms with Gasteiger partial charge in [0.15, 0.2) is 0 Å². The third-order valence-electron chi connectivity index (χ3n) is 1.51. The summed E-state index contributed by atoms with van der Waals surface area (Å²) in [7, 11) is 0. The molecule has 1 aromatic carbocycles. The zero-order valence-electron chi connectivity index (χ0n) is 6.79. The Balaban J connectivity index is 2.89. The zero-order valence-corrected chi connectivity index (χ0v) is 6.79. The van der Waals surface area contributed by atoms with E-state index < -0.39 is 0 Å². The molecule has 0 heterocycles. The summed E-state index contributed by atoms with van der Waals surface area (Å²) in [5, 5.41) is 16.2. The van der Waals surface area contributed by atoms with Crippen LogP contribution in [-0.4, -0.2) is 16.0 Å². The van der Waals surface area contributed by atoms with Crippen molar-refractivity contribution in [2.45, 2.75) is 13.3 Å². The molecule has 3 nitrogen and oxygen atoms in total. The molecule has 1 aromatic rings. The fourth-order valence-electron chi connectivity index (χ4n) is 0.981. The minimum atomic E-state index is -0.0534. The van der Waals surface area contributed by atoms with Crippen molar-refractivity contribution in [3.05, 3.63) is 23.8 Å². The smallest absolute Gasteiger partial charge is 0.296 e. The van der Waals surface area contributed by atoms with Crippen LogP contribution in [0.2, 0.25) is 0 Å². The summed E-state index contributed by atoms with van der Waals surface area (Å²) in [4.78, 5) is 10.7. The van der Waals surface area contributed by atoms with Gasteiger partial charge in [-0.05, 0) is 18.6 Å². The first-order valence-electron chi connectivity index (χ1n) is 3.62. The molecule has 0 radical (unpaired) electrons. The van der Waals surface area contributed by atoms with Crippen molar-refractivity contribution in [3.63, 3.8) is 0 Å². The van der Waals surface area contributed by atoms with Crippen LogP contribution in [0, 0.1) is 0 Å². The molecule has 0 bridgehead atoms. The molecule has 0 aliphatic carbocycles. The Morgan fingerprint density at radius 3 is 2.75 bits per heavy atom. The van der Waals surface area contributed by atoms with Gasteiger partial charge in [0, 0.05) is 12.5 Å². The van der Waals surface area contributed by atoms with Crippen molar-refractivity contribution in [1.82, 2.24) is 0 Å². The van der Waals surface area contributed by atoms with Crippen molar-refractivity contribution in [3.8, 4) is 11.5 Å². The number of phenolic OH excluding ortho intramolecular Hbond substituents is 1. The molecular weight excluding hydrogens is 156 g/mol. The quantitative estimate of drug-likeness (QED) is 0.667. The van der Waals surface area contributed by atoms with Gasteiger partial charge in [0.25, 0.3) is 5.75 Å². The molecule has 0 aliphatic heterocycles. The van der Waals surface area contributed by atoms with E-state index in [0.29, 0.717) is 6.42 Å². The summed E-state index contributed by atoms with van der Waals surface area (Å²) < 4.78 is 0. The van der Waals surface area contributed by atoms with Crippen molar-refractivity contribution in [2.75, 3.05) is 0 Å². The maximum absolute atomic E-state index is 10.7. The minimum Gasteiger partial charge on any atom is -0.591 e. The van der Waals surface area contributed by atoms with Gasteiger partial charge in [0.1, 0.15) is 5.78 Å². The number of carbonyl (C=O) groups is 1. The summed E-state index contributed by atoms with van der Waals surface area (Å²) in [5.74, 6) is 0.0659. The predicted octanol–water partition coefficient (Wildman–Crippen LogP) is 0.962. The van der Waals surface area contributed by atoms with Crippen LogP contribution in [0.15, 0.2) is 18.2 Å². The predicted molar refractivity (Wildman–Crippen MR) is 45.6 cm³/mol. The average molecular weight is 167 g/mol. The molecule has 64 valence electrons. The van der Waals surface area contributed by atoms with E-state index >= 15 is 0 Å². The molecule has 0 spiro atoms. The number of rotatable bonds is 2. The fourth-order valence-corrected chi connectivity index (χ4v) is 0.981. The van der Waals surface area contributed by atoms with E-state index in [1.165, 1.54) is 19.1 Å². The Morgan fingerprint density at radius 2 is 2.25 bits per heavy atom. The Bertz CT molecular complexity index is 305. The van der Waals surface area contributed by atoms with Gasteiger partial charge in [-0.15, -0.1) is 0 Å². The van der Waals surface area contributed by atoms with Crippen LogP contribution in [0.1, 0.15) is 12.5 Å². The molecule has 0 fully saturated rings. The van der Waals surface area contributed by atoms with Crippen LogP contribution in [0.5, 0.6) is 11.5 Å². The van der Waals surface area contributed by atoms with E-state index in [1.807, 2.05) is 0 Å². The largest absolute Gasteiger partial charge is 0.591 e. The first-order chi connectivity index (χ1) is 5.59. The van der Waals surface area contributed by atoms with E-state index in [0.717, 1.165) is 5.56 Å². The van der Waals surface area contributed by atoms with E-state index in [4.69, 9.17) is 10.2 Å². The van der Waals surface area contributed by atoms with Crippen molar-refractivity contribution < 1.29 is 15.0 Å². The highest BCUT2D eigenvalue weighted by molar-refractivity contribution is 5.78. The molecule has 3 N–H and O–H groups in total. The molecule has 0 saturated carbocycles. The Hall–Kier alpha value is -1.51. The highest BCUT2D eigenvalue weighted by atomic mass is 16.3. The number of ketones is 1. The number of aromatic hydroxyl groups is 1. The van der Waals surface area contributed by atoms with E-state index in [2.05, 4.69) is 0 Å². The van der Waals surface area contributed by atoms with Crippen LogP contribution >= 0.6 is 0 Å². The summed E-state index contributed by atoms with van der Waals surface area (Å²) in [6.45, 7) is 1.50. The standard InChI is InChI=1S/C9H10O3/c1-6(10)4-7-2-3-8(11)9(12)5-7/h2-3,5,11-12H,4H2,1H3/p+1. The number of hydrogen-bond acceptors (Lipinski definition) is 2. The zero-order chi connectivity index (χ0) is 9.14. The lowest BCUT2D eigenvalue weighted by atomic mass is 10.1. The molecule has 0 aromatic heterocycles.